The molecule has 0 unspecified atom stereocenters. The first-order chi connectivity index (χ1) is 13.9. The molecule has 30 heavy (non-hydrogen) atoms. The van der Waals surface area contributed by atoms with E-state index in [1.165, 1.54) is 12.3 Å². The number of nitrogens with one attached hydrogen (secondary N) is 2. The average molecular weight is 540 g/mol. The lowest BCUT2D eigenvalue weighted by atomic mass is 10.2. The molecule has 1 aromatic heterocycles. The number of ether oxygens (including phenoxy) is 3. The van der Waals surface area contributed by atoms with Crippen LogP contribution in [0.4, 0.5) is 13.2 Å². The van der Waals surface area contributed by atoms with Crippen molar-refractivity contribution in [2.75, 3.05) is 34.4 Å². The molecule has 0 atom stereocenters. The highest BCUT2D eigenvalue weighted by molar-refractivity contribution is 14.0. The third-order valence-electron chi connectivity index (χ3n) is 3.84. The monoisotopic (exact) mass is 540 g/mol. The van der Waals surface area contributed by atoms with E-state index in [1.807, 2.05) is 12.1 Å². The number of rotatable bonds is 8. The van der Waals surface area contributed by atoms with Crippen molar-refractivity contribution in [1.82, 2.24) is 15.6 Å². The van der Waals surface area contributed by atoms with Crippen molar-refractivity contribution in [2.45, 2.75) is 12.7 Å². The van der Waals surface area contributed by atoms with Gasteiger partial charge in [0, 0.05) is 19.8 Å². The molecular weight excluding hydrogens is 516 g/mol. The van der Waals surface area contributed by atoms with Gasteiger partial charge in [0.2, 0.25) is 5.88 Å². The van der Waals surface area contributed by atoms with Gasteiger partial charge in [0.25, 0.3) is 0 Å². The Labute approximate surface area is 190 Å². The van der Waals surface area contributed by atoms with Gasteiger partial charge < -0.3 is 24.8 Å². The van der Waals surface area contributed by atoms with Crippen molar-refractivity contribution < 1.29 is 27.4 Å². The zero-order valence-electron chi connectivity index (χ0n) is 16.7. The number of methoxy groups -OCH3 is 2. The molecule has 1 aromatic carbocycles. The molecule has 2 rings (SSSR count). The van der Waals surface area contributed by atoms with Crippen LogP contribution in [0.1, 0.15) is 11.1 Å². The molecule has 0 radical (unpaired) electrons. The van der Waals surface area contributed by atoms with Crippen LogP contribution in [0, 0.1) is 0 Å². The Hall–Kier alpha value is -2.44. The fourth-order valence-electron chi connectivity index (χ4n) is 2.44. The number of nitrogens with zero attached hydrogens (tertiary/aromatic N) is 2. The summed E-state index contributed by atoms with van der Waals surface area (Å²) >= 11 is 0. The van der Waals surface area contributed by atoms with Crippen LogP contribution < -0.4 is 24.8 Å². The molecule has 0 saturated carbocycles. The molecular formula is C19H24F3IN4O3. The lowest BCUT2D eigenvalue weighted by molar-refractivity contribution is -0.139. The van der Waals surface area contributed by atoms with Crippen LogP contribution in [-0.4, -0.2) is 45.4 Å². The molecule has 2 aromatic rings. The van der Waals surface area contributed by atoms with Gasteiger partial charge in [-0.15, -0.1) is 24.0 Å². The van der Waals surface area contributed by atoms with Gasteiger partial charge in [0.15, 0.2) is 17.5 Å². The van der Waals surface area contributed by atoms with Crippen molar-refractivity contribution in [3.05, 3.63) is 47.7 Å². The molecule has 7 nitrogen and oxygen atoms in total. The third kappa shape index (κ3) is 7.43. The summed E-state index contributed by atoms with van der Waals surface area (Å²) in [6.07, 6.45) is -3.27. The van der Waals surface area contributed by atoms with Crippen molar-refractivity contribution in [1.29, 1.82) is 0 Å². The Morgan fingerprint density at radius 3 is 2.47 bits per heavy atom. The topological polar surface area (TPSA) is 77.0 Å². The number of aliphatic imine (C=N–C) groups is 1. The SMILES string of the molecule is CN=C(NCCOc1ncccc1C(F)(F)F)NCc1ccc(OC)c(OC)c1.I. The van der Waals surface area contributed by atoms with Gasteiger partial charge in [-0.3, -0.25) is 4.99 Å². The van der Waals surface area contributed by atoms with E-state index in [2.05, 4.69) is 20.6 Å². The van der Waals surface area contributed by atoms with Crippen LogP contribution in [0.25, 0.3) is 0 Å². The standard InChI is InChI=1S/C19H23F3N4O3.HI/c1-23-18(26-12-13-6-7-15(27-2)16(11-13)28-3)25-9-10-29-17-14(19(20,21)22)5-4-8-24-17;/h4-8,11H,9-10,12H2,1-3H3,(H2,23,25,26);1H. The van der Waals surface area contributed by atoms with Gasteiger partial charge in [-0.25, -0.2) is 4.98 Å². The van der Waals surface area contributed by atoms with Crippen LogP contribution >= 0.6 is 24.0 Å². The second kappa shape index (κ2) is 12.3. The number of aromatic nitrogens is 1. The first kappa shape index (κ1) is 25.6. The lowest BCUT2D eigenvalue weighted by Gasteiger charge is -2.15. The first-order valence-electron chi connectivity index (χ1n) is 8.69. The molecule has 0 saturated heterocycles. The Kier molecular flexibility index (Phi) is 10.5. The average Bonchev–Trinajstić information content (AvgIpc) is 2.72. The second-order valence-electron chi connectivity index (χ2n) is 5.74. The molecule has 166 valence electrons. The highest BCUT2D eigenvalue weighted by atomic mass is 127. The van der Waals surface area contributed by atoms with E-state index in [9.17, 15) is 13.2 Å². The minimum absolute atomic E-state index is 0. The van der Waals surface area contributed by atoms with Gasteiger partial charge in [-0.2, -0.15) is 13.2 Å². The molecule has 0 spiro atoms. The van der Waals surface area contributed by atoms with E-state index in [-0.39, 0.29) is 37.1 Å². The molecule has 11 heteroatoms. The number of hydrogen-bond acceptors (Lipinski definition) is 5. The third-order valence-corrected chi connectivity index (χ3v) is 3.84. The van der Waals surface area contributed by atoms with Crippen LogP contribution in [-0.2, 0) is 12.7 Å². The predicted molar refractivity (Wildman–Crippen MR) is 118 cm³/mol. The zero-order chi connectivity index (χ0) is 21.3. The second-order valence-corrected chi connectivity index (χ2v) is 5.74. The zero-order valence-corrected chi connectivity index (χ0v) is 19.1. The van der Waals surface area contributed by atoms with E-state index in [4.69, 9.17) is 14.2 Å². The fourth-order valence-corrected chi connectivity index (χ4v) is 2.44. The summed E-state index contributed by atoms with van der Waals surface area (Å²) in [6.45, 7) is 0.677. The smallest absolute Gasteiger partial charge is 0.421 e. The maximum Gasteiger partial charge on any atom is 0.421 e. The van der Waals surface area contributed by atoms with E-state index >= 15 is 0 Å². The summed E-state index contributed by atoms with van der Waals surface area (Å²) in [4.78, 5) is 7.72. The summed E-state index contributed by atoms with van der Waals surface area (Å²) in [5, 5.41) is 6.07. The molecule has 2 N–H and O–H groups in total. The predicted octanol–water partition coefficient (Wildman–Crippen LogP) is 3.48. The molecule has 0 fully saturated rings. The largest absolute Gasteiger partial charge is 0.493 e. The Bertz CT molecular complexity index is 835. The van der Waals surface area contributed by atoms with E-state index in [0.717, 1.165) is 11.6 Å². The molecule has 0 aliphatic carbocycles. The van der Waals surface area contributed by atoms with E-state index in [1.54, 1.807) is 27.3 Å². The van der Waals surface area contributed by atoms with Crippen molar-refractivity contribution in [3.8, 4) is 17.4 Å². The Balaban J connectivity index is 0.00000450. The summed E-state index contributed by atoms with van der Waals surface area (Å²) in [7, 11) is 4.71. The van der Waals surface area contributed by atoms with Gasteiger partial charge in [0.1, 0.15) is 12.2 Å². The highest BCUT2D eigenvalue weighted by Crippen LogP contribution is 2.34. The summed E-state index contributed by atoms with van der Waals surface area (Å²) in [5.74, 6) is 1.26. The van der Waals surface area contributed by atoms with Crippen molar-refractivity contribution in [2.24, 2.45) is 4.99 Å². The van der Waals surface area contributed by atoms with E-state index in [0.29, 0.717) is 24.0 Å². The number of pyridine rings is 1. The van der Waals surface area contributed by atoms with Gasteiger partial charge in [-0.05, 0) is 29.8 Å². The van der Waals surface area contributed by atoms with E-state index < -0.39 is 17.6 Å². The first-order valence-corrected chi connectivity index (χ1v) is 8.69. The molecule has 0 bridgehead atoms. The van der Waals surface area contributed by atoms with Gasteiger partial charge >= 0.3 is 6.18 Å². The highest BCUT2D eigenvalue weighted by Gasteiger charge is 2.34. The van der Waals surface area contributed by atoms with Crippen LogP contribution in [0.15, 0.2) is 41.5 Å². The van der Waals surface area contributed by atoms with Crippen LogP contribution in [0.2, 0.25) is 0 Å². The minimum atomic E-state index is -4.52. The van der Waals surface area contributed by atoms with Crippen LogP contribution in [0.3, 0.4) is 0 Å². The van der Waals surface area contributed by atoms with Crippen LogP contribution in [0.5, 0.6) is 17.4 Å². The lowest BCUT2D eigenvalue weighted by Crippen LogP contribution is -2.39. The maximum absolute atomic E-state index is 12.9. The number of halogens is 4. The molecule has 1 heterocycles. The molecule has 0 amide bonds. The number of hydrogen-bond donors (Lipinski definition) is 2. The maximum atomic E-state index is 12.9. The number of benzene rings is 1. The number of guanidine groups is 1. The quantitative estimate of drug-likeness (QED) is 0.231. The summed E-state index contributed by atoms with van der Waals surface area (Å²) in [6, 6.07) is 7.66. The normalized spacial score (nSPS) is 11.3. The summed E-state index contributed by atoms with van der Waals surface area (Å²) in [5.41, 5.74) is 0.0288. The Morgan fingerprint density at radius 1 is 1.10 bits per heavy atom. The summed E-state index contributed by atoms with van der Waals surface area (Å²) < 4.78 is 54.4. The van der Waals surface area contributed by atoms with Crippen molar-refractivity contribution in [3.63, 3.8) is 0 Å². The Morgan fingerprint density at radius 2 is 1.83 bits per heavy atom. The molecule has 0 aliphatic heterocycles. The van der Waals surface area contributed by atoms with Crippen molar-refractivity contribution >= 4 is 29.9 Å². The van der Waals surface area contributed by atoms with Gasteiger partial charge in [0.05, 0.1) is 20.8 Å². The van der Waals surface area contributed by atoms with Gasteiger partial charge in [-0.1, -0.05) is 6.07 Å². The number of alkyl halides is 3. The fraction of sp³-hybridized carbons (Fsp3) is 0.368. The minimum Gasteiger partial charge on any atom is -0.493 e. The molecule has 0 aliphatic rings.